The van der Waals surface area contributed by atoms with Gasteiger partial charge in [0.2, 0.25) is 11.8 Å². The Morgan fingerprint density at radius 2 is 1.63 bits per heavy atom. The summed E-state index contributed by atoms with van der Waals surface area (Å²) < 4.78 is 47.6. The fourth-order valence-corrected chi connectivity index (χ4v) is 6.83. The van der Waals surface area contributed by atoms with Crippen molar-refractivity contribution in [1.29, 1.82) is 0 Å². The minimum Gasteiger partial charge on any atom is -0.480 e. The largest absolute Gasteiger partial charge is 0.480 e. The van der Waals surface area contributed by atoms with Crippen molar-refractivity contribution in [2.24, 2.45) is 11.1 Å². The number of rotatable bonds is 25. The zero-order valence-corrected chi connectivity index (χ0v) is 32.7. The Balaban J connectivity index is 1.73. The predicted octanol–water partition coefficient (Wildman–Crippen LogP) is 5.90. The molecule has 0 aliphatic carbocycles. The van der Waals surface area contributed by atoms with Gasteiger partial charge in [-0.25, -0.2) is 13.6 Å². The predicted molar refractivity (Wildman–Crippen MR) is 207 cm³/mol. The van der Waals surface area contributed by atoms with Crippen LogP contribution in [-0.4, -0.2) is 103 Å². The van der Waals surface area contributed by atoms with Crippen LogP contribution < -0.4 is 11.1 Å². The molecule has 3 rings (SSSR count). The number of thioether (sulfide) groups is 1. The van der Waals surface area contributed by atoms with Crippen LogP contribution in [0.4, 0.5) is 8.78 Å². The van der Waals surface area contributed by atoms with E-state index in [0.29, 0.717) is 58.0 Å². The van der Waals surface area contributed by atoms with Gasteiger partial charge < -0.3 is 39.8 Å². The van der Waals surface area contributed by atoms with E-state index in [4.69, 9.17) is 19.9 Å². The van der Waals surface area contributed by atoms with Gasteiger partial charge in [0.15, 0.2) is 0 Å². The lowest BCUT2D eigenvalue weighted by Crippen LogP contribution is -2.45. The lowest BCUT2D eigenvalue weighted by molar-refractivity contribution is -0.141. The summed E-state index contributed by atoms with van der Waals surface area (Å²) in [6, 6.07) is 13.1. The lowest BCUT2D eigenvalue weighted by Gasteiger charge is -2.41. The van der Waals surface area contributed by atoms with Crippen molar-refractivity contribution >= 4 is 29.5 Å². The van der Waals surface area contributed by atoms with Crippen molar-refractivity contribution in [3.8, 4) is 11.1 Å². The minimum absolute atomic E-state index is 0.0305. The fraction of sp³-hybridized carbons (Fsp3) is 0.525. The van der Waals surface area contributed by atoms with Crippen molar-refractivity contribution in [1.82, 2.24) is 14.8 Å². The first kappa shape index (κ1) is 44.6. The van der Waals surface area contributed by atoms with Gasteiger partial charge in [0.25, 0.3) is 0 Å². The first-order valence-corrected chi connectivity index (χ1v) is 19.5. The Bertz CT molecular complexity index is 1600. The Morgan fingerprint density at radius 1 is 0.963 bits per heavy atom. The first-order chi connectivity index (χ1) is 25.8. The number of carboxylic acid groups (broad SMARTS) is 1. The average molecular weight is 775 g/mol. The highest BCUT2D eigenvalue weighted by Gasteiger charge is 2.37. The number of hydrogen-bond acceptors (Lipinski definition) is 8. The van der Waals surface area contributed by atoms with Gasteiger partial charge in [-0.1, -0.05) is 58.0 Å². The van der Waals surface area contributed by atoms with Crippen LogP contribution in [0.25, 0.3) is 11.1 Å². The molecule has 0 spiro atoms. The maximum atomic E-state index is 15.1. The normalized spacial score (nSPS) is 12.7. The number of hydrogen-bond donors (Lipinski definition) is 3. The molecule has 298 valence electrons. The molecular weight excluding hydrogens is 719 g/mol. The average Bonchev–Trinajstić information content (AvgIpc) is 3.53. The Morgan fingerprint density at radius 3 is 2.26 bits per heavy atom. The lowest BCUT2D eigenvalue weighted by atomic mass is 9.83. The molecule has 0 aliphatic rings. The molecule has 2 atom stereocenters. The van der Waals surface area contributed by atoms with Crippen molar-refractivity contribution in [2.45, 2.75) is 65.6 Å². The summed E-state index contributed by atoms with van der Waals surface area (Å²) >= 11 is 1.11. The number of ether oxygens (including phenoxy) is 3. The second kappa shape index (κ2) is 23.2. The standard InChI is InChI=1S/C40H56F2N4O7S/c1-5-17-51-19-21-53-22-20-52-18-14-36(47)44-34(39(49)50)27-54-28-37(48)46(16-9-15-43)38(40(2,3)4)35-23-30(32-24-31(41)12-13-33(32)42)26-45(35)25-29-10-7-6-8-11-29/h6-8,10-13,23-24,26,34,38H,5,9,14-22,25,27-28,43H2,1-4H3,(H,44,47)(H,49,50)/t34-,38-/m0/s1. The van der Waals surface area contributed by atoms with Crippen LogP contribution in [0, 0.1) is 17.0 Å². The van der Waals surface area contributed by atoms with E-state index >= 15 is 4.39 Å². The topological polar surface area (TPSA) is 145 Å². The van der Waals surface area contributed by atoms with Crippen molar-refractivity contribution in [3.05, 3.63) is 83.7 Å². The molecule has 1 heterocycles. The van der Waals surface area contributed by atoms with E-state index in [1.165, 1.54) is 0 Å². The molecule has 0 radical (unpaired) electrons. The number of carbonyl (C=O) groups is 3. The summed E-state index contributed by atoms with van der Waals surface area (Å²) in [5.74, 6) is -3.18. The fourth-order valence-electron chi connectivity index (χ4n) is 5.91. The van der Waals surface area contributed by atoms with Crippen molar-refractivity contribution in [3.63, 3.8) is 0 Å². The van der Waals surface area contributed by atoms with E-state index in [-0.39, 0.29) is 42.6 Å². The van der Waals surface area contributed by atoms with Crippen LogP contribution in [0.3, 0.4) is 0 Å². The summed E-state index contributed by atoms with van der Waals surface area (Å²) in [5.41, 5.74) is 7.68. The van der Waals surface area contributed by atoms with E-state index in [1.54, 1.807) is 11.1 Å². The summed E-state index contributed by atoms with van der Waals surface area (Å²) in [6.07, 6.45) is 3.19. The molecule has 0 unspecified atom stereocenters. The molecule has 54 heavy (non-hydrogen) atoms. The molecule has 0 saturated carbocycles. The molecule has 0 fully saturated rings. The highest BCUT2D eigenvalue weighted by molar-refractivity contribution is 8.00. The van der Waals surface area contributed by atoms with Gasteiger partial charge in [0.1, 0.15) is 17.7 Å². The monoisotopic (exact) mass is 774 g/mol. The highest BCUT2D eigenvalue weighted by atomic mass is 32.2. The zero-order valence-electron chi connectivity index (χ0n) is 31.9. The molecule has 2 aromatic carbocycles. The van der Waals surface area contributed by atoms with Gasteiger partial charge >= 0.3 is 5.97 Å². The molecule has 14 heteroatoms. The number of benzene rings is 2. The van der Waals surface area contributed by atoms with E-state index in [9.17, 15) is 23.9 Å². The molecule has 0 aliphatic heterocycles. The molecule has 11 nitrogen and oxygen atoms in total. The number of nitrogens with one attached hydrogen (secondary N) is 1. The third-order valence-electron chi connectivity index (χ3n) is 8.41. The highest BCUT2D eigenvalue weighted by Crippen LogP contribution is 2.41. The van der Waals surface area contributed by atoms with E-state index in [1.807, 2.05) is 68.7 Å². The molecular formula is C40H56F2N4O7S. The number of amides is 2. The quantitative estimate of drug-likeness (QED) is 0.0897. The van der Waals surface area contributed by atoms with E-state index < -0.39 is 41.0 Å². The summed E-state index contributed by atoms with van der Waals surface area (Å²) in [7, 11) is 0. The molecule has 0 saturated heterocycles. The van der Waals surface area contributed by atoms with Gasteiger partial charge in [0, 0.05) is 54.9 Å². The molecule has 1 aromatic heterocycles. The van der Waals surface area contributed by atoms with Crippen LogP contribution in [-0.2, 0) is 35.1 Å². The summed E-state index contributed by atoms with van der Waals surface area (Å²) in [6.45, 7) is 11.5. The van der Waals surface area contributed by atoms with Crippen LogP contribution in [0.1, 0.15) is 64.3 Å². The second-order valence-electron chi connectivity index (χ2n) is 13.9. The molecule has 3 aromatic rings. The Labute approximate surface area is 321 Å². The third-order valence-corrected chi connectivity index (χ3v) is 9.43. The minimum atomic E-state index is -1.22. The summed E-state index contributed by atoms with van der Waals surface area (Å²) in [5, 5.41) is 12.4. The molecule has 2 amide bonds. The smallest absolute Gasteiger partial charge is 0.327 e. The number of carboxylic acids is 1. The number of nitrogens with zero attached hydrogens (tertiary/aromatic N) is 2. The van der Waals surface area contributed by atoms with Gasteiger partial charge in [0.05, 0.1) is 44.8 Å². The molecule has 0 bridgehead atoms. The van der Waals surface area contributed by atoms with Crippen molar-refractivity contribution < 1.29 is 42.5 Å². The van der Waals surface area contributed by atoms with Gasteiger partial charge in [-0.2, -0.15) is 0 Å². The summed E-state index contributed by atoms with van der Waals surface area (Å²) in [4.78, 5) is 40.5. The number of carbonyl (C=O) groups excluding carboxylic acids is 2. The van der Waals surface area contributed by atoms with E-state index in [0.717, 1.165) is 47.6 Å². The van der Waals surface area contributed by atoms with Gasteiger partial charge in [-0.3, -0.25) is 9.59 Å². The number of nitrogens with two attached hydrogens (primary N) is 1. The van der Waals surface area contributed by atoms with Crippen LogP contribution >= 0.6 is 11.8 Å². The third kappa shape index (κ3) is 14.8. The Kier molecular flexibility index (Phi) is 19.1. The first-order valence-electron chi connectivity index (χ1n) is 18.4. The van der Waals surface area contributed by atoms with Gasteiger partial charge in [-0.05, 0) is 54.6 Å². The number of halogens is 2. The van der Waals surface area contributed by atoms with E-state index in [2.05, 4.69) is 5.32 Å². The second-order valence-corrected chi connectivity index (χ2v) is 15.0. The maximum Gasteiger partial charge on any atom is 0.327 e. The van der Waals surface area contributed by atoms with Crippen LogP contribution in [0.2, 0.25) is 0 Å². The number of aliphatic carboxylic acids is 1. The van der Waals surface area contributed by atoms with Crippen LogP contribution in [0.5, 0.6) is 0 Å². The Hall–Kier alpha value is -3.82. The van der Waals surface area contributed by atoms with Crippen molar-refractivity contribution in [2.75, 3.05) is 64.2 Å². The SMILES string of the molecule is CCCOCCOCCOCCC(=O)N[C@@H](CSCC(=O)N(CCCN)[C@@H](c1cc(-c2cc(F)ccc2F)cn1Cc1ccccc1)C(C)(C)C)C(=O)O. The van der Waals surface area contributed by atoms with Crippen LogP contribution in [0.15, 0.2) is 60.8 Å². The molecule has 4 N–H and O–H groups in total. The van der Waals surface area contributed by atoms with Gasteiger partial charge in [-0.15, -0.1) is 11.8 Å². The maximum absolute atomic E-state index is 15.1. The zero-order chi connectivity index (χ0) is 39.5. The number of aromatic nitrogens is 1.